The molecule has 5 rings (SSSR count). The van der Waals surface area contributed by atoms with Crippen molar-refractivity contribution in [2.75, 3.05) is 19.6 Å². The van der Waals surface area contributed by atoms with Gasteiger partial charge in [-0.25, -0.2) is 0 Å². The zero-order valence-electron chi connectivity index (χ0n) is 18.9. The topological polar surface area (TPSA) is 47.3 Å². The monoisotopic (exact) mass is 454 g/mol. The van der Waals surface area contributed by atoms with E-state index in [4.69, 9.17) is 0 Å². The molecule has 0 radical (unpaired) electrons. The molecular weight excluding hydrogens is 424 g/mol. The van der Waals surface area contributed by atoms with E-state index >= 15 is 0 Å². The molecule has 3 aromatic carbocycles. The van der Waals surface area contributed by atoms with E-state index < -0.39 is 11.0 Å². The second-order valence-electron chi connectivity index (χ2n) is 9.30. The molecule has 2 aliphatic heterocycles. The molecular formula is C29H30N2OS. The number of hydrogen-bond donors (Lipinski definition) is 1. The van der Waals surface area contributed by atoms with E-state index in [1.165, 1.54) is 16.0 Å². The molecule has 2 heterocycles. The molecule has 1 unspecified atom stereocenters. The van der Waals surface area contributed by atoms with Crippen LogP contribution in [-0.4, -0.2) is 29.6 Å². The van der Waals surface area contributed by atoms with Gasteiger partial charge < -0.3 is 10.0 Å². The molecule has 1 N–H and O–H groups in total. The van der Waals surface area contributed by atoms with E-state index in [0.29, 0.717) is 0 Å². The van der Waals surface area contributed by atoms with Crippen LogP contribution in [0.2, 0.25) is 0 Å². The average Bonchev–Trinajstić information content (AvgIpc) is 3.01. The van der Waals surface area contributed by atoms with Crippen LogP contribution in [0.15, 0.2) is 83.8 Å². The van der Waals surface area contributed by atoms with Gasteiger partial charge in [0.05, 0.1) is 11.7 Å². The maximum atomic E-state index is 11.1. The van der Waals surface area contributed by atoms with Crippen LogP contribution in [-0.2, 0) is 16.8 Å². The standard InChI is InChI=1S/C29H30N2OS/c30-22-28(25-12-5-4-9-23(25)21-33-27-14-7-6-13-26(27)28)15-8-18-31-19-16-29(32,17-20-31)24-10-2-1-3-11-24/h1-7,9-14,32H,8,15-21H2. The summed E-state index contributed by atoms with van der Waals surface area (Å²) in [6.45, 7) is 2.72. The summed E-state index contributed by atoms with van der Waals surface area (Å²) in [6.07, 6.45) is 3.26. The molecule has 0 bridgehead atoms. The van der Waals surface area contributed by atoms with Gasteiger partial charge in [-0.05, 0) is 60.5 Å². The Morgan fingerprint density at radius 2 is 1.55 bits per heavy atom. The predicted octanol–water partition coefficient (Wildman–Crippen LogP) is 5.87. The molecule has 1 saturated heterocycles. The fourth-order valence-electron chi connectivity index (χ4n) is 5.51. The minimum absolute atomic E-state index is 0.614. The third-order valence-corrected chi connectivity index (χ3v) is 8.54. The van der Waals surface area contributed by atoms with Gasteiger partial charge in [-0.3, -0.25) is 0 Å². The lowest BCUT2D eigenvalue weighted by Crippen LogP contribution is -2.43. The van der Waals surface area contributed by atoms with Crippen LogP contribution in [0.25, 0.3) is 0 Å². The maximum absolute atomic E-state index is 11.1. The summed E-state index contributed by atoms with van der Waals surface area (Å²) in [6, 6.07) is 29.8. The van der Waals surface area contributed by atoms with Gasteiger partial charge in [0.2, 0.25) is 0 Å². The number of rotatable bonds is 5. The third kappa shape index (κ3) is 4.22. The van der Waals surface area contributed by atoms with Crippen molar-refractivity contribution in [2.24, 2.45) is 0 Å². The summed E-state index contributed by atoms with van der Waals surface area (Å²) in [5, 5.41) is 21.7. The van der Waals surface area contributed by atoms with Gasteiger partial charge in [0.15, 0.2) is 0 Å². The van der Waals surface area contributed by atoms with Crippen LogP contribution in [0.3, 0.4) is 0 Å². The molecule has 1 fully saturated rings. The first kappa shape index (κ1) is 22.2. The molecule has 3 aromatic rings. The molecule has 33 heavy (non-hydrogen) atoms. The SMILES string of the molecule is N#CC1(CCCN2CCC(O)(c3ccccc3)CC2)c2ccccc2CSc2ccccc21. The van der Waals surface area contributed by atoms with Crippen molar-refractivity contribution in [1.29, 1.82) is 5.26 Å². The van der Waals surface area contributed by atoms with Crippen LogP contribution >= 0.6 is 11.8 Å². The fraction of sp³-hybridized carbons (Fsp3) is 0.345. The van der Waals surface area contributed by atoms with Crippen LogP contribution in [0.5, 0.6) is 0 Å². The summed E-state index contributed by atoms with van der Waals surface area (Å²) in [4.78, 5) is 3.67. The number of piperidine rings is 1. The Balaban J connectivity index is 1.31. The summed E-state index contributed by atoms with van der Waals surface area (Å²) >= 11 is 1.84. The van der Waals surface area contributed by atoms with Gasteiger partial charge in [-0.1, -0.05) is 72.8 Å². The second-order valence-corrected chi connectivity index (χ2v) is 10.3. The lowest BCUT2D eigenvalue weighted by atomic mass is 9.71. The van der Waals surface area contributed by atoms with Crippen molar-refractivity contribution in [2.45, 2.75) is 47.3 Å². The highest BCUT2D eigenvalue weighted by atomic mass is 32.2. The largest absolute Gasteiger partial charge is 0.385 e. The van der Waals surface area contributed by atoms with Crippen LogP contribution in [0.1, 0.15) is 47.9 Å². The van der Waals surface area contributed by atoms with Gasteiger partial charge in [0.25, 0.3) is 0 Å². The van der Waals surface area contributed by atoms with Gasteiger partial charge in [-0.2, -0.15) is 5.26 Å². The Bertz CT molecular complexity index is 1100. The summed E-state index contributed by atoms with van der Waals surface area (Å²) in [7, 11) is 0. The van der Waals surface area contributed by atoms with Crippen molar-refractivity contribution >= 4 is 11.8 Å². The Kier molecular flexibility index (Phi) is 6.29. The highest BCUT2D eigenvalue weighted by Gasteiger charge is 2.40. The Labute approximate surface area is 201 Å². The number of nitriles is 1. The van der Waals surface area contributed by atoms with Crippen molar-refractivity contribution < 1.29 is 5.11 Å². The number of nitrogens with zero attached hydrogens (tertiary/aromatic N) is 2. The van der Waals surface area contributed by atoms with Gasteiger partial charge in [0, 0.05) is 23.7 Å². The summed E-state index contributed by atoms with van der Waals surface area (Å²) < 4.78 is 0. The molecule has 0 aliphatic carbocycles. The van der Waals surface area contributed by atoms with Gasteiger partial charge in [-0.15, -0.1) is 11.8 Å². The zero-order valence-corrected chi connectivity index (χ0v) is 19.7. The lowest BCUT2D eigenvalue weighted by Gasteiger charge is -2.39. The smallest absolute Gasteiger partial charge is 0.109 e. The quantitative estimate of drug-likeness (QED) is 0.524. The molecule has 1 atom stereocenters. The van der Waals surface area contributed by atoms with Crippen LogP contribution in [0.4, 0.5) is 0 Å². The first-order valence-electron chi connectivity index (χ1n) is 11.9. The minimum Gasteiger partial charge on any atom is -0.385 e. The highest BCUT2D eigenvalue weighted by molar-refractivity contribution is 7.98. The molecule has 2 aliphatic rings. The molecule has 0 amide bonds. The van der Waals surface area contributed by atoms with E-state index in [0.717, 1.165) is 62.2 Å². The first-order chi connectivity index (χ1) is 16.1. The van der Waals surface area contributed by atoms with Crippen LogP contribution in [0, 0.1) is 11.3 Å². The van der Waals surface area contributed by atoms with Gasteiger partial charge >= 0.3 is 0 Å². The molecule has 3 nitrogen and oxygen atoms in total. The second kappa shape index (κ2) is 9.35. The van der Waals surface area contributed by atoms with E-state index in [9.17, 15) is 10.4 Å². The number of thioether (sulfide) groups is 1. The van der Waals surface area contributed by atoms with E-state index in [1.54, 1.807) is 0 Å². The summed E-state index contributed by atoms with van der Waals surface area (Å²) in [5.41, 5.74) is 3.28. The lowest BCUT2D eigenvalue weighted by molar-refractivity contribution is -0.0262. The van der Waals surface area contributed by atoms with E-state index in [1.807, 2.05) is 42.1 Å². The Hall–Kier alpha value is -2.58. The predicted molar refractivity (Wildman–Crippen MR) is 134 cm³/mol. The fourth-order valence-corrected chi connectivity index (χ4v) is 6.64. The van der Waals surface area contributed by atoms with E-state index in [-0.39, 0.29) is 0 Å². The Morgan fingerprint density at radius 3 is 2.30 bits per heavy atom. The molecule has 0 spiro atoms. The number of fused-ring (bicyclic) bond motifs is 2. The normalized spacial score (nSPS) is 21.9. The van der Waals surface area contributed by atoms with Crippen molar-refractivity contribution in [3.05, 3.63) is 101 Å². The van der Waals surface area contributed by atoms with Gasteiger partial charge in [0.1, 0.15) is 5.41 Å². The first-order valence-corrected chi connectivity index (χ1v) is 12.9. The van der Waals surface area contributed by atoms with Crippen molar-refractivity contribution in [3.63, 3.8) is 0 Å². The average molecular weight is 455 g/mol. The van der Waals surface area contributed by atoms with Crippen LogP contribution < -0.4 is 0 Å². The molecule has 0 saturated carbocycles. The number of likely N-dealkylation sites (tertiary alicyclic amines) is 1. The number of aliphatic hydroxyl groups is 1. The zero-order chi connectivity index (χ0) is 22.7. The minimum atomic E-state index is -0.720. The van der Waals surface area contributed by atoms with Crippen molar-refractivity contribution in [1.82, 2.24) is 4.90 Å². The number of hydrogen-bond acceptors (Lipinski definition) is 4. The Morgan fingerprint density at radius 1 is 0.879 bits per heavy atom. The highest BCUT2D eigenvalue weighted by Crippen LogP contribution is 2.46. The molecule has 0 aromatic heterocycles. The van der Waals surface area contributed by atoms with E-state index in [2.05, 4.69) is 59.5 Å². The molecule has 4 heteroatoms. The third-order valence-electron chi connectivity index (χ3n) is 7.42. The maximum Gasteiger partial charge on any atom is 0.109 e. The number of benzene rings is 3. The van der Waals surface area contributed by atoms with Crippen molar-refractivity contribution in [3.8, 4) is 6.07 Å². The molecule has 168 valence electrons. The summed E-state index contributed by atoms with van der Waals surface area (Å²) in [5.74, 6) is 0.904.